The van der Waals surface area contributed by atoms with Gasteiger partial charge >= 0.3 is 18.0 Å². The number of aliphatic hydroxyl groups is 1. The number of nitrogens with one attached hydrogen (secondary N) is 1. The van der Waals surface area contributed by atoms with Crippen molar-refractivity contribution in [1.82, 2.24) is 10.2 Å². The number of urea groups is 1. The Morgan fingerprint density at radius 2 is 1.62 bits per heavy atom. The van der Waals surface area contributed by atoms with Gasteiger partial charge in [-0.2, -0.15) is 0 Å². The van der Waals surface area contributed by atoms with Crippen molar-refractivity contribution in [2.75, 3.05) is 25.2 Å². The number of nitrogens with two attached hydrogens (primary N) is 1. The highest BCUT2D eigenvalue weighted by Crippen LogP contribution is 2.66. The molecule has 4 aliphatic rings. The van der Waals surface area contributed by atoms with E-state index in [-0.39, 0.29) is 30.2 Å². The molecule has 0 unspecified atom stereocenters. The lowest BCUT2D eigenvalue weighted by Gasteiger charge is -2.46. The van der Waals surface area contributed by atoms with Gasteiger partial charge in [-0.3, -0.25) is 19.3 Å². The molecule has 63 heavy (non-hydrogen) atoms. The first-order valence-corrected chi connectivity index (χ1v) is 21.3. The van der Waals surface area contributed by atoms with E-state index in [1.165, 1.54) is 7.11 Å². The zero-order chi connectivity index (χ0) is 44.4. The maximum Gasteiger partial charge on any atom is 0.329 e. The minimum Gasteiger partial charge on any atom is -0.491 e. The number of imide groups is 1. The highest BCUT2D eigenvalue weighted by Gasteiger charge is 2.75. The van der Waals surface area contributed by atoms with E-state index in [0.717, 1.165) is 36.2 Å². The van der Waals surface area contributed by atoms with Crippen molar-refractivity contribution < 1.29 is 43.3 Å². The normalized spacial score (nSPS) is 24.4. The highest BCUT2D eigenvalue weighted by atomic mass is 16.6. The number of para-hydroxylation sites is 1. The lowest BCUT2D eigenvalue weighted by Crippen LogP contribution is -2.57. The Kier molecular flexibility index (Phi) is 12.2. The van der Waals surface area contributed by atoms with Crippen molar-refractivity contribution in [3.8, 4) is 17.6 Å². The fourth-order valence-electron chi connectivity index (χ4n) is 9.91. The lowest BCUT2D eigenvalue weighted by molar-refractivity contribution is -0.178. The van der Waals surface area contributed by atoms with Gasteiger partial charge in [0.1, 0.15) is 36.0 Å². The number of primary amides is 1. The van der Waals surface area contributed by atoms with E-state index < -0.39 is 77.3 Å². The second-order valence-electron chi connectivity index (χ2n) is 16.6. The number of benzene rings is 4. The summed E-state index contributed by atoms with van der Waals surface area (Å²) in [5.41, 5.74) is 7.97. The van der Waals surface area contributed by atoms with Gasteiger partial charge in [-0.05, 0) is 78.1 Å². The van der Waals surface area contributed by atoms with Gasteiger partial charge in [-0.15, -0.1) is 0 Å². The van der Waals surface area contributed by atoms with Gasteiger partial charge in [0.05, 0.1) is 37.4 Å². The summed E-state index contributed by atoms with van der Waals surface area (Å²) in [5.74, 6) is 1.38. The summed E-state index contributed by atoms with van der Waals surface area (Å²) in [7, 11) is 1.21. The third-order valence-corrected chi connectivity index (χ3v) is 12.6. The first-order chi connectivity index (χ1) is 30.5. The number of rotatable bonds is 10. The molecular formula is C50H50N4O9. The van der Waals surface area contributed by atoms with Crippen molar-refractivity contribution in [3.05, 3.63) is 143 Å². The van der Waals surface area contributed by atoms with Crippen LogP contribution in [0.2, 0.25) is 0 Å². The monoisotopic (exact) mass is 850 g/mol. The summed E-state index contributed by atoms with van der Waals surface area (Å²) >= 11 is 0. The molecule has 2 fully saturated rings. The number of esters is 2. The van der Waals surface area contributed by atoms with Gasteiger partial charge < -0.3 is 30.4 Å². The van der Waals surface area contributed by atoms with Crippen molar-refractivity contribution in [3.63, 3.8) is 0 Å². The van der Waals surface area contributed by atoms with Crippen molar-refractivity contribution in [2.45, 2.75) is 75.2 Å². The predicted molar refractivity (Wildman–Crippen MR) is 233 cm³/mol. The van der Waals surface area contributed by atoms with Gasteiger partial charge in [-0.25, -0.2) is 14.5 Å². The number of nitrogens with zero attached hydrogens (tertiary/aromatic N) is 2. The summed E-state index contributed by atoms with van der Waals surface area (Å²) in [5, 5.41) is 12.7. The first-order valence-electron chi connectivity index (χ1n) is 21.3. The minimum absolute atomic E-state index is 0.112. The molecule has 1 spiro atoms. The Labute approximate surface area is 366 Å². The molecule has 8 rings (SSSR count). The maximum atomic E-state index is 16.2. The molecule has 0 aromatic heterocycles. The fraction of sp³-hybridized carbons (Fsp3) is 0.340. The standard InChI is InChI=1S/C50H50N4O9/c1-30(2)40(46(57)61-3)52-49(60)53-37-26-25-32(24-23-31-15-7-4-8-16-31)29-36(37)50(48(53)59)39(45(51)56)42-47(58)63-43(34-19-11-6-12-20-34)41(33-17-9-5-10-18-33)54(42)44(50)35-21-13-14-22-38(35)62-28-27-55/h5-6,9-15,17-22,25-26,29-30,39-44,55H,4,7-8,16,27-28H2,1-3H3,(H2,51,56)(H,52,60)/t39-,40+,41-,42-,43+,44+,50-/m1/s1. The quantitative estimate of drug-likeness (QED) is 0.127. The molecule has 0 saturated carbocycles. The smallest absolute Gasteiger partial charge is 0.329 e. The topological polar surface area (TPSA) is 178 Å². The summed E-state index contributed by atoms with van der Waals surface area (Å²) in [6.07, 6.45) is 4.99. The number of carbonyl (C=O) groups is 5. The maximum absolute atomic E-state index is 16.2. The molecule has 13 nitrogen and oxygen atoms in total. The lowest BCUT2D eigenvalue weighted by atomic mass is 9.65. The second kappa shape index (κ2) is 17.9. The summed E-state index contributed by atoms with van der Waals surface area (Å²) in [6, 6.07) is 24.8. The number of fused-ring (bicyclic) bond motifs is 3. The molecular weight excluding hydrogens is 801 g/mol. The van der Waals surface area contributed by atoms with Crippen LogP contribution in [0.15, 0.2) is 115 Å². The number of allylic oxidation sites excluding steroid dienone is 2. The van der Waals surface area contributed by atoms with Crippen LogP contribution in [0, 0.1) is 23.7 Å². The van der Waals surface area contributed by atoms with Crippen LogP contribution in [-0.2, 0) is 34.1 Å². The Hall–Kier alpha value is -6.75. The van der Waals surface area contributed by atoms with Gasteiger partial charge in [0.15, 0.2) is 0 Å². The zero-order valence-electron chi connectivity index (χ0n) is 35.4. The van der Waals surface area contributed by atoms with Gasteiger partial charge in [0, 0.05) is 11.1 Å². The van der Waals surface area contributed by atoms with Crippen molar-refractivity contribution >= 4 is 35.5 Å². The number of cyclic esters (lactones) is 1. The van der Waals surface area contributed by atoms with Crippen LogP contribution in [0.3, 0.4) is 0 Å². The number of methoxy groups -OCH3 is 1. The Morgan fingerprint density at radius 3 is 2.27 bits per heavy atom. The molecule has 324 valence electrons. The van der Waals surface area contributed by atoms with Crippen molar-refractivity contribution in [2.24, 2.45) is 17.6 Å². The van der Waals surface area contributed by atoms with Gasteiger partial charge in [0.25, 0.3) is 0 Å². The zero-order valence-corrected chi connectivity index (χ0v) is 35.4. The van der Waals surface area contributed by atoms with E-state index in [9.17, 15) is 19.5 Å². The highest BCUT2D eigenvalue weighted by molar-refractivity contribution is 6.25. The van der Waals surface area contributed by atoms with Crippen LogP contribution in [-0.4, -0.2) is 72.2 Å². The number of amides is 4. The van der Waals surface area contributed by atoms with Crippen LogP contribution in [0.4, 0.5) is 10.5 Å². The second-order valence-corrected chi connectivity index (χ2v) is 16.6. The molecule has 2 saturated heterocycles. The van der Waals surface area contributed by atoms with Gasteiger partial charge in [-0.1, -0.05) is 111 Å². The Bertz CT molecular complexity index is 2510. The number of anilines is 1. The third-order valence-electron chi connectivity index (χ3n) is 12.6. The molecule has 1 aliphatic carbocycles. The molecule has 4 N–H and O–H groups in total. The number of ether oxygens (including phenoxy) is 3. The molecule has 4 amide bonds. The molecule has 0 bridgehead atoms. The molecule has 3 aliphatic heterocycles. The molecule has 13 heteroatoms. The molecule has 0 radical (unpaired) electrons. The summed E-state index contributed by atoms with van der Waals surface area (Å²) < 4.78 is 17.7. The SMILES string of the molecule is COC(=O)[C@@H](NC(=O)N1C(=O)[C@@]2(c3cc(C#CC4=CCCCC4)ccc31)[C@H](c1ccccc1OCCO)N1[C@H](c3ccccc3)[C@H](c3ccccc3)OC(=O)[C@H]1[C@@H]2C(N)=O)C(C)C. The average Bonchev–Trinajstić information content (AvgIpc) is 3.76. The van der Waals surface area contributed by atoms with Crippen LogP contribution >= 0.6 is 0 Å². The van der Waals surface area contributed by atoms with E-state index >= 15 is 9.59 Å². The van der Waals surface area contributed by atoms with Crippen LogP contribution in [0.1, 0.15) is 85.5 Å². The van der Waals surface area contributed by atoms with E-state index in [0.29, 0.717) is 22.3 Å². The summed E-state index contributed by atoms with van der Waals surface area (Å²) in [6.45, 7) is 3.01. The Morgan fingerprint density at radius 1 is 0.921 bits per heavy atom. The van der Waals surface area contributed by atoms with Crippen molar-refractivity contribution in [1.29, 1.82) is 0 Å². The molecule has 4 aromatic carbocycles. The summed E-state index contributed by atoms with van der Waals surface area (Å²) in [4.78, 5) is 76.5. The number of carbonyl (C=O) groups excluding carboxylic acids is 5. The van der Waals surface area contributed by atoms with Crippen LogP contribution < -0.4 is 20.7 Å². The van der Waals surface area contributed by atoms with Crippen LogP contribution in [0.25, 0.3) is 0 Å². The predicted octanol–water partition coefficient (Wildman–Crippen LogP) is 5.97. The van der Waals surface area contributed by atoms with E-state index in [1.807, 2.05) is 65.6 Å². The average molecular weight is 851 g/mol. The van der Waals surface area contributed by atoms with Crippen LogP contribution in [0.5, 0.6) is 5.75 Å². The number of morpholine rings is 1. The molecule has 4 aromatic rings. The minimum atomic E-state index is -2.13. The largest absolute Gasteiger partial charge is 0.491 e. The molecule has 7 atom stereocenters. The molecule has 3 heterocycles. The van der Waals surface area contributed by atoms with Gasteiger partial charge in [0.2, 0.25) is 11.8 Å². The fourth-order valence-corrected chi connectivity index (χ4v) is 9.91. The number of hydrogen-bond donors (Lipinski definition) is 3. The van der Waals surface area contributed by atoms with E-state index in [4.69, 9.17) is 19.9 Å². The van der Waals surface area contributed by atoms with E-state index in [1.54, 1.807) is 56.3 Å². The Balaban J connectivity index is 1.45. The third kappa shape index (κ3) is 7.53. The number of hydrogen-bond acceptors (Lipinski definition) is 10. The van der Waals surface area contributed by atoms with E-state index in [2.05, 4.69) is 23.2 Å². The first kappa shape index (κ1) is 42.9. The number of aliphatic hydroxyl groups excluding tert-OH is 1.